The minimum absolute atomic E-state index is 0.211. The number of rotatable bonds is 0. The summed E-state index contributed by atoms with van der Waals surface area (Å²) in [7, 11) is 0. The van der Waals surface area contributed by atoms with Crippen molar-refractivity contribution < 1.29 is 18.3 Å². The predicted molar refractivity (Wildman–Crippen MR) is 91.0 cm³/mol. The monoisotopic (exact) mass is 344 g/mol. The highest BCUT2D eigenvalue weighted by atomic mass is 19.4. The van der Waals surface area contributed by atoms with Crippen molar-refractivity contribution >= 4 is 0 Å². The minimum Gasteiger partial charge on any atom is -0.387 e. The van der Waals surface area contributed by atoms with Crippen LogP contribution in [0.15, 0.2) is 36.4 Å². The zero-order valence-corrected chi connectivity index (χ0v) is 14.1. The molecule has 0 saturated carbocycles. The largest absolute Gasteiger partial charge is 0.416 e. The average Bonchev–Trinajstić information content (AvgIpc) is 2.56. The lowest BCUT2D eigenvalue weighted by atomic mass is 9.80. The van der Waals surface area contributed by atoms with Crippen molar-refractivity contribution in [1.29, 1.82) is 0 Å². The summed E-state index contributed by atoms with van der Waals surface area (Å²) in [5, 5.41) is 10.6. The molecule has 2 aromatic rings. The molecule has 0 unspecified atom stereocenters. The second kappa shape index (κ2) is 6.57. The highest BCUT2D eigenvalue weighted by molar-refractivity contribution is 5.42. The maximum absolute atomic E-state index is 12.6. The molecule has 1 N–H and O–H groups in total. The Morgan fingerprint density at radius 1 is 1.04 bits per heavy atom. The van der Waals surface area contributed by atoms with Crippen molar-refractivity contribution in [2.45, 2.75) is 39.0 Å². The van der Waals surface area contributed by atoms with Crippen LogP contribution >= 0.6 is 0 Å². The standard InChI is InChI=1S/C21H19F3O/c1-13-11-17-8-7-16(20(25)19(17)12-14(13)2)6-3-15-4-9-18(10-5-15)21(22,23)24/h4-5,9-12,16,20,25H,7-8H2,1-2H3/t16-,20-/m0/s1. The summed E-state index contributed by atoms with van der Waals surface area (Å²) in [6.07, 6.45) is -3.42. The molecule has 4 heteroatoms. The van der Waals surface area contributed by atoms with Crippen molar-refractivity contribution in [2.24, 2.45) is 5.92 Å². The predicted octanol–water partition coefficient (Wildman–Crippen LogP) is 4.97. The van der Waals surface area contributed by atoms with Crippen LogP contribution in [0, 0.1) is 31.6 Å². The number of aliphatic hydroxyl groups is 1. The van der Waals surface area contributed by atoms with E-state index >= 15 is 0 Å². The van der Waals surface area contributed by atoms with Gasteiger partial charge in [0.15, 0.2) is 0 Å². The molecule has 0 radical (unpaired) electrons. The molecule has 0 bridgehead atoms. The van der Waals surface area contributed by atoms with E-state index in [4.69, 9.17) is 0 Å². The van der Waals surface area contributed by atoms with Gasteiger partial charge < -0.3 is 5.11 Å². The van der Waals surface area contributed by atoms with Crippen molar-refractivity contribution in [1.82, 2.24) is 0 Å². The van der Waals surface area contributed by atoms with Crippen LogP contribution < -0.4 is 0 Å². The summed E-state index contributed by atoms with van der Waals surface area (Å²) in [6, 6.07) is 8.93. The van der Waals surface area contributed by atoms with E-state index in [9.17, 15) is 18.3 Å². The van der Waals surface area contributed by atoms with E-state index in [-0.39, 0.29) is 5.92 Å². The Balaban J connectivity index is 1.81. The van der Waals surface area contributed by atoms with Gasteiger partial charge in [-0.3, -0.25) is 0 Å². The van der Waals surface area contributed by atoms with Crippen LogP contribution in [0.1, 0.15) is 45.9 Å². The first-order chi connectivity index (χ1) is 11.8. The highest BCUT2D eigenvalue weighted by Crippen LogP contribution is 2.35. The molecule has 0 spiro atoms. The van der Waals surface area contributed by atoms with Crippen molar-refractivity contribution in [3.63, 3.8) is 0 Å². The normalized spacial score (nSPS) is 19.8. The molecular formula is C21H19F3O. The van der Waals surface area contributed by atoms with Crippen LogP contribution in [0.5, 0.6) is 0 Å². The highest BCUT2D eigenvalue weighted by Gasteiger charge is 2.30. The number of halogens is 3. The van der Waals surface area contributed by atoms with E-state index in [1.807, 2.05) is 13.0 Å². The molecular weight excluding hydrogens is 325 g/mol. The number of alkyl halides is 3. The van der Waals surface area contributed by atoms with Crippen molar-refractivity contribution in [3.8, 4) is 11.8 Å². The molecule has 130 valence electrons. The summed E-state index contributed by atoms with van der Waals surface area (Å²) in [6.45, 7) is 4.07. The molecule has 0 aromatic heterocycles. The molecule has 0 fully saturated rings. The second-order valence-electron chi connectivity index (χ2n) is 6.57. The van der Waals surface area contributed by atoms with E-state index in [1.54, 1.807) is 0 Å². The maximum atomic E-state index is 12.6. The van der Waals surface area contributed by atoms with Crippen LogP contribution in [-0.2, 0) is 12.6 Å². The first-order valence-electron chi connectivity index (χ1n) is 8.22. The fourth-order valence-electron chi connectivity index (χ4n) is 3.15. The molecule has 1 aliphatic carbocycles. The molecule has 0 amide bonds. The van der Waals surface area contributed by atoms with Crippen molar-refractivity contribution in [3.05, 3.63) is 69.8 Å². The molecule has 25 heavy (non-hydrogen) atoms. The smallest absolute Gasteiger partial charge is 0.387 e. The lowest BCUT2D eigenvalue weighted by Gasteiger charge is -2.27. The summed E-state index contributed by atoms with van der Waals surface area (Å²) in [5.74, 6) is 5.73. The molecule has 2 aromatic carbocycles. The second-order valence-corrected chi connectivity index (χ2v) is 6.57. The zero-order valence-electron chi connectivity index (χ0n) is 14.1. The van der Waals surface area contributed by atoms with Gasteiger partial charge in [0, 0.05) is 5.56 Å². The molecule has 1 nitrogen and oxygen atoms in total. The quantitative estimate of drug-likeness (QED) is 0.669. The Labute approximate surface area is 145 Å². The summed E-state index contributed by atoms with van der Waals surface area (Å²) >= 11 is 0. The van der Waals surface area contributed by atoms with E-state index in [0.29, 0.717) is 5.56 Å². The van der Waals surface area contributed by atoms with Gasteiger partial charge >= 0.3 is 6.18 Å². The Hall–Kier alpha value is -2.25. The topological polar surface area (TPSA) is 20.2 Å². The van der Waals surface area contributed by atoms with Crippen molar-refractivity contribution in [2.75, 3.05) is 0 Å². The lowest BCUT2D eigenvalue weighted by molar-refractivity contribution is -0.137. The third-order valence-electron chi connectivity index (χ3n) is 4.79. The van der Waals surface area contributed by atoms with Gasteiger partial charge in [-0.15, -0.1) is 0 Å². The maximum Gasteiger partial charge on any atom is 0.416 e. The van der Waals surface area contributed by atoms with E-state index in [2.05, 4.69) is 24.8 Å². The summed E-state index contributed by atoms with van der Waals surface area (Å²) in [5.41, 5.74) is 4.25. The Kier molecular flexibility index (Phi) is 4.62. The van der Waals surface area contributed by atoms with E-state index in [1.165, 1.54) is 17.7 Å². The Bertz CT molecular complexity index is 838. The van der Waals surface area contributed by atoms with Crippen LogP contribution in [-0.4, -0.2) is 5.11 Å². The van der Waals surface area contributed by atoms with Crippen LogP contribution in [0.4, 0.5) is 13.2 Å². The molecule has 0 aliphatic heterocycles. The van der Waals surface area contributed by atoms with Gasteiger partial charge in [-0.1, -0.05) is 24.0 Å². The van der Waals surface area contributed by atoms with Gasteiger partial charge in [-0.05, 0) is 73.2 Å². The van der Waals surface area contributed by atoms with E-state index in [0.717, 1.165) is 41.7 Å². The summed E-state index contributed by atoms with van der Waals surface area (Å²) < 4.78 is 37.7. The fraction of sp³-hybridized carbons (Fsp3) is 0.333. The van der Waals surface area contributed by atoms with Crippen LogP contribution in [0.3, 0.4) is 0 Å². The number of hydrogen-bond acceptors (Lipinski definition) is 1. The summed E-state index contributed by atoms with van der Waals surface area (Å²) in [4.78, 5) is 0. The zero-order chi connectivity index (χ0) is 18.2. The van der Waals surface area contributed by atoms with Gasteiger partial charge in [0.25, 0.3) is 0 Å². The number of aryl methyl sites for hydroxylation is 3. The Morgan fingerprint density at radius 3 is 2.32 bits per heavy atom. The molecule has 0 heterocycles. The first-order valence-corrected chi connectivity index (χ1v) is 8.22. The molecule has 3 rings (SSSR count). The average molecular weight is 344 g/mol. The molecule has 1 aliphatic rings. The molecule has 2 atom stereocenters. The van der Waals surface area contributed by atoms with Gasteiger partial charge in [0.05, 0.1) is 17.6 Å². The fourth-order valence-corrected chi connectivity index (χ4v) is 3.15. The van der Waals surface area contributed by atoms with Crippen LogP contribution in [0.2, 0.25) is 0 Å². The van der Waals surface area contributed by atoms with Crippen LogP contribution in [0.25, 0.3) is 0 Å². The third-order valence-corrected chi connectivity index (χ3v) is 4.79. The third kappa shape index (κ3) is 3.72. The van der Waals surface area contributed by atoms with Gasteiger partial charge in [-0.25, -0.2) is 0 Å². The number of benzene rings is 2. The molecule has 0 saturated heterocycles. The lowest BCUT2D eigenvalue weighted by Crippen LogP contribution is -2.19. The van der Waals surface area contributed by atoms with Gasteiger partial charge in [-0.2, -0.15) is 13.2 Å². The first kappa shape index (κ1) is 17.6. The SMILES string of the molecule is Cc1cc2c(cc1C)[C@@H](O)[C@@H](C#Cc1ccc(C(F)(F)F)cc1)CC2. The Morgan fingerprint density at radius 2 is 1.68 bits per heavy atom. The number of fused-ring (bicyclic) bond motifs is 1. The van der Waals surface area contributed by atoms with Gasteiger partial charge in [0.2, 0.25) is 0 Å². The van der Waals surface area contributed by atoms with E-state index < -0.39 is 17.8 Å². The number of hydrogen-bond donors (Lipinski definition) is 1. The number of aliphatic hydroxyl groups excluding tert-OH is 1. The van der Waals surface area contributed by atoms with Gasteiger partial charge in [0.1, 0.15) is 0 Å². The minimum atomic E-state index is -4.34.